The van der Waals surface area contributed by atoms with Crippen LogP contribution in [0.5, 0.6) is 5.75 Å². The Morgan fingerprint density at radius 2 is 1.73 bits per heavy atom. The molecule has 0 radical (unpaired) electrons. The second kappa shape index (κ2) is 14.5. The number of carbonyl (C=O) groups is 2. The number of alkyl halides is 1. The van der Waals surface area contributed by atoms with Gasteiger partial charge in [-0.2, -0.15) is 4.98 Å². The van der Waals surface area contributed by atoms with E-state index >= 15 is 0 Å². The Bertz CT molecular complexity index is 1150. The van der Waals surface area contributed by atoms with Crippen LogP contribution in [-0.4, -0.2) is 82.1 Å². The third-order valence-corrected chi connectivity index (χ3v) is 6.88. The summed E-state index contributed by atoms with van der Waals surface area (Å²) in [6, 6.07) is 6.22. The quantitative estimate of drug-likeness (QED) is 0.157. The molecule has 0 aliphatic carbocycles. The molecule has 3 rings (SSSR count). The Balaban J connectivity index is 1.91. The highest BCUT2D eigenvalue weighted by atomic mass is 35.5. The van der Waals surface area contributed by atoms with Crippen LogP contribution in [0, 0.1) is 0 Å². The van der Waals surface area contributed by atoms with Crippen LogP contribution in [0.25, 0.3) is 0 Å². The van der Waals surface area contributed by atoms with Gasteiger partial charge in [0.15, 0.2) is 5.82 Å². The molecule has 1 aromatic heterocycles. The van der Waals surface area contributed by atoms with E-state index < -0.39 is 23.3 Å². The minimum absolute atomic E-state index is 0.259. The lowest BCUT2D eigenvalue weighted by Gasteiger charge is -2.30. The summed E-state index contributed by atoms with van der Waals surface area (Å²) >= 11 is 6.07. The number of carbonyl (C=O) groups excluding carboxylic acids is 2. The molecule has 1 aromatic carbocycles. The van der Waals surface area contributed by atoms with E-state index in [0.717, 1.165) is 18.4 Å². The van der Waals surface area contributed by atoms with Crippen molar-refractivity contribution in [3.05, 3.63) is 36.0 Å². The van der Waals surface area contributed by atoms with Crippen molar-refractivity contribution in [1.29, 1.82) is 0 Å². The van der Waals surface area contributed by atoms with Crippen molar-refractivity contribution in [2.24, 2.45) is 0 Å². The molecule has 0 bridgehead atoms. The van der Waals surface area contributed by atoms with Crippen LogP contribution < -0.4 is 19.9 Å². The second-order valence-electron chi connectivity index (χ2n) is 10.8. The van der Waals surface area contributed by atoms with Crippen molar-refractivity contribution in [2.75, 3.05) is 47.8 Å². The molecule has 41 heavy (non-hydrogen) atoms. The molecule has 0 saturated carbocycles. The average Bonchev–Trinajstić information content (AvgIpc) is 3.46. The highest BCUT2D eigenvalue weighted by Gasteiger charge is 2.29. The number of anilines is 3. The average molecular weight is 591 g/mol. The summed E-state index contributed by atoms with van der Waals surface area (Å²) in [6.45, 7) is 14.4. The van der Waals surface area contributed by atoms with E-state index in [1.165, 1.54) is 4.90 Å². The van der Waals surface area contributed by atoms with E-state index in [2.05, 4.69) is 10.3 Å². The zero-order valence-corrected chi connectivity index (χ0v) is 25.6. The molecule has 2 heterocycles. The first-order valence-corrected chi connectivity index (χ1v) is 14.6. The number of aliphatic hydroxyl groups excluding tert-OH is 1. The minimum Gasteiger partial charge on any atom is -0.458 e. The number of esters is 1. The van der Waals surface area contributed by atoms with Gasteiger partial charge in [0.2, 0.25) is 11.6 Å². The zero-order valence-electron chi connectivity index (χ0n) is 24.9. The van der Waals surface area contributed by atoms with Crippen LogP contribution in [0.3, 0.4) is 0 Å². The number of likely N-dealkylation sites (tertiary alicyclic amines) is 1. The number of hydrogen-bond acceptors (Lipinski definition) is 10. The van der Waals surface area contributed by atoms with Crippen molar-refractivity contribution >= 4 is 41.1 Å². The maximum atomic E-state index is 13.4. The maximum absolute atomic E-state index is 13.4. The summed E-state index contributed by atoms with van der Waals surface area (Å²) in [5, 5.41) is 13.5. The molecule has 2 N–H and O–H groups in total. The molecule has 226 valence electrons. The first-order chi connectivity index (χ1) is 19.4. The van der Waals surface area contributed by atoms with Gasteiger partial charge in [-0.15, -0.1) is 0 Å². The molecular formula is C29H43ClN6O5. The monoisotopic (exact) mass is 590 g/mol. The summed E-state index contributed by atoms with van der Waals surface area (Å²) in [4.78, 5) is 40.2. The molecule has 1 fully saturated rings. The van der Waals surface area contributed by atoms with Gasteiger partial charge in [-0.1, -0.05) is 23.7 Å². The Labute approximate surface area is 247 Å². The Morgan fingerprint density at radius 3 is 2.27 bits per heavy atom. The van der Waals surface area contributed by atoms with Crippen molar-refractivity contribution in [2.45, 2.75) is 78.1 Å². The zero-order chi connectivity index (χ0) is 30.2. The smallest absolute Gasteiger partial charge is 0.415 e. The van der Waals surface area contributed by atoms with E-state index in [1.54, 1.807) is 23.2 Å². The van der Waals surface area contributed by atoms with Crippen LogP contribution in [0.15, 0.2) is 30.5 Å². The van der Waals surface area contributed by atoms with Crippen LogP contribution in [-0.2, 0) is 16.0 Å². The third kappa shape index (κ3) is 9.09. The van der Waals surface area contributed by atoms with Crippen LogP contribution >= 0.6 is 11.6 Å². The molecule has 1 unspecified atom stereocenters. The molecule has 2 atom stereocenters. The number of ether oxygens (including phenoxy) is 2. The van der Waals surface area contributed by atoms with E-state index in [4.69, 9.17) is 26.1 Å². The topological polar surface area (TPSA) is 120 Å². The van der Waals surface area contributed by atoms with Gasteiger partial charge in [-0.3, -0.25) is 0 Å². The second-order valence-corrected chi connectivity index (χ2v) is 11.2. The normalized spacial score (nSPS) is 14.8. The summed E-state index contributed by atoms with van der Waals surface area (Å²) in [6.07, 6.45) is 3.46. The fourth-order valence-corrected chi connectivity index (χ4v) is 4.75. The molecular weight excluding hydrogens is 548 g/mol. The van der Waals surface area contributed by atoms with E-state index in [9.17, 15) is 14.7 Å². The fraction of sp³-hybridized carbons (Fsp3) is 0.586. The van der Waals surface area contributed by atoms with Crippen LogP contribution in [0.2, 0.25) is 0 Å². The molecule has 12 heteroatoms. The fourth-order valence-electron chi connectivity index (χ4n) is 4.50. The summed E-state index contributed by atoms with van der Waals surface area (Å²) in [7, 11) is 0. The number of halogens is 1. The summed E-state index contributed by atoms with van der Waals surface area (Å²) in [5.41, 5.74) is -0.769. The number of hydrogen-bond donors (Lipinski definition) is 2. The van der Waals surface area contributed by atoms with Crippen molar-refractivity contribution < 1.29 is 24.2 Å². The molecule has 1 saturated heterocycles. The standard InChI is InChI=1S/C29H43ClN6O5/c1-7-34(8-2)27-31-19-23(36(9-3)26(30)38)24(33-27)32-22(25(37)41-29(4,5)6)18-20-12-14-21(15-13-20)40-28(39)35-16-10-11-17-35/h12-15,19,22,26,38H,7-11,16-18H2,1-6H3,(H,31,32,33)/t22-,26?/m0/s1. The SMILES string of the molecule is CCN(CC)c1ncc(N(CC)C(O)Cl)c(N[C@@H](Cc2ccc(OC(=O)N3CCCC3)cc2)C(=O)OC(C)(C)C)n1. The van der Waals surface area contributed by atoms with Gasteiger partial charge in [-0.25, -0.2) is 14.6 Å². The van der Waals surface area contributed by atoms with Gasteiger partial charge in [0.25, 0.3) is 0 Å². The largest absolute Gasteiger partial charge is 0.458 e. The molecule has 0 spiro atoms. The summed E-state index contributed by atoms with van der Waals surface area (Å²) < 4.78 is 11.3. The minimum atomic E-state index is -1.32. The molecule has 11 nitrogen and oxygen atoms in total. The number of aliphatic hydroxyl groups is 1. The van der Waals surface area contributed by atoms with E-state index in [1.807, 2.05) is 58.6 Å². The van der Waals surface area contributed by atoms with E-state index in [-0.39, 0.29) is 12.5 Å². The Kier molecular flexibility index (Phi) is 11.4. The lowest BCUT2D eigenvalue weighted by molar-refractivity contribution is -0.155. The van der Waals surface area contributed by atoms with E-state index in [0.29, 0.717) is 55.9 Å². The van der Waals surface area contributed by atoms with Gasteiger partial charge >= 0.3 is 12.1 Å². The highest BCUT2D eigenvalue weighted by Crippen LogP contribution is 2.29. The van der Waals surface area contributed by atoms with Crippen molar-refractivity contribution in [3.63, 3.8) is 0 Å². The van der Waals surface area contributed by atoms with Gasteiger partial charge in [0, 0.05) is 39.1 Å². The van der Waals surface area contributed by atoms with Crippen molar-refractivity contribution in [3.8, 4) is 5.75 Å². The lowest BCUT2D eigenvalue weighted by atomic mass is 10.0. The van der Waals surface area contributed by atoms with Gasteiger partial charge in [0.1, 0.15) is 23.1 Å². The first-order valence-electron chi connectivity index (χ1n) is 14.2. The maximum Gasteiger partial charge on any atom is 0.415 e. The predicted molar refractivity (Wildman–Crippen MR) is 161 cm³/mol. The Hall–Kier alpha value is -3.31. The van der Waals surface area contributed by atoms with Gasteiger partial charge < -0.3 is 34.6 Å². The van der Waals surface area contributed by atoms with Crippen LogP contribution in [0.1, 0.15) is 59.9 Å². The predicted octanol–water partition coefficient (Wildman–Crippen LogP) is 4.62. The lowest BCUT2D eigenvalue weighted by Crippen LogP contribution is -2.39. The number of benzene rings is 1. The molecule has 1 aliphatic heterocycles. The first kappa shape index (κ1) is 32.2. The van der Waals surface area contributed by atoms with Crippen LogP contribution in [0.4, 0.5) is 22.2 Å². The number of aromatic nitrogens is 2. The summed E-state index contributed by atoms with van der Waals surface area (Å²) in [5.74, 6) is 0.790. The number of nitrogens with one attached hydrogen (secondary N) is 1. The highest BCUT2D eigenvalue weighted by molar-refractivity contribution is 6.20. The third-order valence-electron chi connectivity index (χ3n) is 6.65. The van der Waals surface area contributed by atoms with Gasteiger partial charge in [0.05, 0.1) is 6.20 Å². The number of rotatable bonds is 12. The molecule has 1 aliphatic rings. The number of amides is 1. The molecule has 1 amide bonds. The Morgan fingerprint density at radius 1 is 1.10 bits per heavy atom. The van der Waals surface area contributed by atoms with Crippen molar-refractivity contribution in [1.82, 2.24) is 14.9 Å². The number of nitrogens with zero attached hydrogens (tertiary/aromatic N) is 5. The molecule has 2 aromatic rings. The van der Waals surface area contributed by atoms with Gasteiger partial charge in [-0.05, 0) is 72.1 Å².